The highest BCUT2D eigenvalue weighted by Crippen LogP contribution is 2.45. The summed E-state index contributed by atoms with van der Waals surface area (Å²) in [6.45, 7) is 7.93. The van der Waals surface area contributed by atoms with Crippen LogP contribution in [0.15, 0.2) is 24.3 Å². The third-order valence-electron chi connectivity index (χ3n) is 7.32. The van der Waals surface area contributed by atoms with Gasteiger partial charge >= 0.3 is 6.03 Å². The Kier molecular flexibility index (Phi) is 5.62. The number of nitrogens with one attached hydrogen (secondary N) is 2. The molecule has 1 aromatic heterocycles. The van der Waals surface area contributed by atoms with Crippen molar-refractivity contribution in [1.29, 1.82) is 0 Å². The lowest BCUT2D eigenvalue weighted by molar-refractivity contribution is -0.901. The van der Waals surface area contributed by atoms with Gasteiger partial charge in [-0.05, 0) is 49.1 Å². The van der Waals surface area contributed by atoms with E-state index < -0.39 is 5.54 Å². The molecule has 1 saturated carbocycles. The Morgan fingerprint density at radius 3 is 2.63 bits per heavy atom. The first-order chi connectivity index (χ1) is 14.2. The molecule has 2 aromatic rings. The summed E-state index contributed by atoms with van der Waals surface area (Å²) in [6, 6.07) is 7.86. The summed E-state index contributed by atoms with van der Waals surface area (Å²) in [4.78, 5) is 33.1. The molecule has 0 radical (unpaired) electrons. The van der Waals surface area contributed by atoms with Gasteiger partial charge in [-0.1, -0.05) is 39.3 Å². The Bertz CT molecular complexity index is 913. The third-order valence-corrected chi connectivity index (χ3v) is 8.36. The highest BCUT2D eigenvalue weighted by molar-refractivity contribution is 7.18. The predicted octanol–water partition coefficient (Wildman–Crippen LogP) is 3.19. The first-order valence-electron chi connectivity index (χ1n) is 11.0. The number of carbonyl (C=O) groups is 2. The number of carbonyl (C=O) groups excluding carboxylic acids is 2. The van der Waals surface area contributed by atoms with E-state index in [9.17, 15) is 9.59 Å². The summed E-state index contributed by atoms with van der Waals surface area (Å²) in [7, 11) is 2.01. The van der Waals surface area contributed by atoms with Crippen molar-refractivity contribution >= 4 is 33.5 Å². The molecule has 1 atom stereocenters. The molecule has 30 heavy (non-hydrogen) atoms. The number of quaternary nitrogens is 1. The topological polar surface area (TPSA) is 66.7 Å². The molecule has 2 fully saturated rings. The maximum atomic E-state index is 13.3. The van der Waals surface area contributed by atoms with Gasteiger partial charge in [0.1, 0.15) is 17.1 Å². The van der Waals surface area contributed by atoms with Crippen LogP contribution >= 0.6 is 11.3 Å². The maximum Gasteiger partial charge on any atom is 0.329 e. The van der Waals surface area contributed by atoms with Crippen LogP contribution in [0.25, 0.3) is 10.2 Å². The number of hydrogen-bond acceptors (Lipinski definition) is 4. The fourth-order valence-electron chi connectivity index (χ4n) is 4.92. The number of para-hydroxylation sites is 1. The number of nitrogens with zero attached hydrogens (tertiary/aromatic N) is 2. The van der Waals surface area contributed by atoms with E-state index in [4.69, 9.17) is 0 Å². The summed E-state index contributed by atoms with van der Waals surface area (Å²) < 4.78 is 1.17. The molecular weight excluding hydrogens is 396 g/mol. The van der Waals surface area contributed by atoms with E-state index in [2.05, 4.69) is 37.1 Å². The Morgan fingerprint density at radius 1 is 1.27 bits per heavy atom. The van der Waals surface area contributed by atoms with Crippen LogP contribution in [0.2, 0.25) is 0 Å². The summed E-state index contributed by atoms with van der Waals surface area (Å²) in [6.07, 6.45) is 4.62. The molecule has 7 heteroatoms. The lowest BCUT2D eigenvalue weighted by atomic mass is 9.65. The third kappa shape index (κ3) is 3.85. The SMILES string of the molecule is CCC(C)(C)C1CCC2(CC1)NC(=O)N(C[NH+](C)Cc1nc3ccccc3s1)C2=O. The van der Waals surface area contributed by atoms with Crippen molar-refractivity contribution < 1.29 is 14.5 Å². The zero-order valence-corrected chi connectivity index (χ0v) is 19.3. The number of thiazole rings is 1. The molecule has 1 unspecified atom stereocenters. The summed E-state index contributed by atoms with van der Waals surface area (Å²) in [5.74, 6) is 0.572. The van der Waals surface area contributed by atoms with Crippen LogP contribution in [0.1, 0.15) is 57.9 Å². The second kappa shape index (κ2) is 7.93. The van der Waals surface area contributed by atoms with Gasteiger partial charge in [-0.15, -0.1) is 11.3 Å². The van der Waals surface area contributed by atoms with Crippen LogP contribution in [0.3, 0.4) is 0 Å². The molecular formula is C23H33N4O2S+. The van der Waals surface area contributed by atoms with Crippen LogP contribution in [0.5, 0.6) is 0 Å². The Balaban J connectivity index is 1.39. The smallest absolute Gasteiger partial charge is 0.323 e. The highest BCUT2D eigenvalue weighted by Gasteiger charge is 2.54. The first-order valence-corrected chi connectivity index (χ1v) is 11.9. The van der Waals surface area contributed by atoms with E-state index >= 15 is 0 Å². The van der Waals surface area contributed by atoms with Crippen molar-refractivity contribution in [3.63, 3.8) is 0 Å². The summed E-state index contributed by atoms with van der Waals surface area (Å²) in [5.41, 5.74) is 0.605. The van der Waals surface area contributed by atoms with E-state index in [-0.39, 0.29) is 17.4 Å². The van der Waals surface area contributed by atoms with Crippen molar-refractivity contribution in [2.75, 3.05) is 13.7 Å². The minimum Gasteiger partial charge on any atom is -0.323 e. The van der Waals surface area contributed by atoms with Gasteiger partial charge in [-0.2, -0.15) is 0 Å². The monoisotopic (exact) mass is 429 g/mol. The largest absolute Gasteiger partial charge is 0.329 e. The standard InChI is InChI=1S/C23H32N4O2S/c1-5-22(2,3)16-10-12-23(13-11-16)20(28)27(21(29)25-23)15-26(4)14-19-24-17-8-6-7-9-18(17)30-19/h6-9,16H,5,10-15H2,1-4H3,(H,25,29)/p+1. The van der Waals surface area contributed by atoms with Gasteiger partial charge in [0.25, 0.3) is 5.91 Å². The zero-order chi connectivity index (χ0) is 21.5. The number of amides is 3. The van der Waals surface area contributed by atoms with Gasteiger partial charge in [0.2, 0.25) is 0 Å². The molecule has 1 spiro atoms. The molecule has 6 nitrogen and oxygen atoms in total. The lowest BCUT2D eigenvalue weighted by Gasteiger charge is -2.42. The normalized spacial score (nSPS) is 25.9. The average molecular weight is 430 g/mol. The predicted molar refractivity (Wildman–Crippen MR) is 119 cm³/mol. The van der Waals surface area contributed by atoms with Crippen LogP contribution in [-0.2, 0) is 11.3 Å². The second-order valence-electron chi connectivity index (χ2n) is 9.73. The molecule has 162 valence electrons. The van der Waals surface area contributed by atoms with Crippen molar-refractivity contribution in [3.05, 3.63) is 29.3 Å². The molecule has 4 rings (SSSR count). The quantitative estimate of drug-likeness (QED) is 0.693. The van der Waals surface area contributed by atoms with Crippen LogP contribution in [0, 0.1) is 11.3 Å². The Morgan fingerprint density at radius 2 is 1.97 bits per heavy atom. The average Bonchev–Trinajstić information content (AvgIpc) is 3.22. The van der Waals surface area contributed by atoms with E-state index in [1.165, 1.54) is 9.60 Å². The van der Waals surface area contributed by atoms with Gasteiger partial charge in [-0.3, -0.25) is 4.79 Å². The zero-order valence-electron chi connectivity index (χ0n) is 18.5. The number of aromatic nitrogens is 1. The summed E-state index contributed by atoms with van der Waals surface area (Å²) in [5, 5.41) is 4.09. The van der Waals surface area contributed by atoms with E-state index in [1.54, 1.807) is 11.3 Å². The van der Waals surface area contributed by atoms with Crippen molar-refractivity contribution in [3.8, 4) is 0 Å². The lowest BCUT2D eigenvalue weighted by Crippen LogP contribution is -3.09. The van der Waals surface area contributed by atoms with E-state index in [0.717, 1.165) is 47.5 Å². The second-order valence-corrected chi connectivity index (χ2v) is 10.8. The molecule has 2 heterocycles. The molecule has 1 aromatic carbocycles. The van der Waals surface area contributed by atoms with Gasteiger partial charge in [0.15, 0.2) is 6.67 Å². The van der Waals surface area contributed by atoms with Gasteiger partial charge < -0.3 is 10.2 Å². The fraction of sp³-hybridized carbons (Fsp3) is 0.609. The number of hydrogen-bond donors (Lipinski definition) is 2. The molecule has 1 aliphatic carbocycles. The number of urea groups is 1. The van der Waals surface area contributed by atoms with E-state index in [1.807, 2.05) is 25.2 Å². The molecule has 1 aliphatic heterocycles. The van der Waals surface area contributed by atoms with Crippen molar-refractivity contribution in [2.24, 2.45) is 11.3 Å². The molecule has 2 N–H and O–H groups in total. The van der Waals surface area contributed by atoms with Gasteiger partial charge in [0, 0.05) is 0 Å². The Hall–Kier alpha value is -1.99. The highest BCUT2D eigenvalue weighted by atomic mass is 32.1. The van der Waals surface area contributed by atoms with Crippen molar-refractivity contribution in [1.82, 2.24) is 15.2 Å². The van der Waals surface area contributed by atoms with Gasteiger partial charge in [-0.25, -0.2) is 14.7 Å². The number of fused-ring (bicyclic) bond motifs is 1. The fourth-order valence-corrected chi connectivity index (χ4v) is 6.00. The minimum absolute atomic E-state index is 0.0381. The molecule has 0 bridgehead atoms. The summed E-state index contributed by atoms with van der Waals surface area (Å²) >= 11 is 1.68. The first kappa shape index (κ1) is 21.2. The van der Waals surface area contributed by atoms with E-state index in [0.29, 0.717) is 19.1 Å². The maximum absolute atomic E-state index is 13.3. The number of imide groups is 1. The minimum atomic E-state index is -0.687. The van der Waals surface area contributed by atoms with Crippen LogP contribution in [0.4, 0.5) is 4.79 Å². The Labute approximate surface area is 182 Å². The van der Waals surface area contributed by atoms with Crippen LogP contribution in [-0.4, -0.2) is 41.1 Å². The van der Waals surface area contributed by atoms with Gasteiger partial charge in [0.05, 0.1) is 17.3 Å². The molecule has 3 amide bonds. The van der Waals surface area contributed by atoms with Crippen molar-refractivity contribution in [2.45, 2.75) is 65.0 Å². The number of benzene rings is 1. The molecule has 1 saturated heterocycles. The van der Waals surface area contributed by atoms with Crippen LogP contribution < -0.4 is 10.2 Å². The number of rotatable bonds is 6. The molecule has 2 aliphatic rings.